The van der Waals surface area contributed by atoms with Gasteiger partial charge in [0.1, 0.15) is 0 Å². The summed E-state index contributed by atoms with van der Waals surface area (Å²) in [5, 5.41) is 1.33. The smallest absolute Gasteiger partial charge is 0.0820 e. The fraction of sp³-hybridized carbons (Fsp3) is 0.0345. The molecule has 1 spiro atoms. The van der Waals surface area contributed by atoms with Crippen LogP contribution in [0.25, 0.3) is 54.6 Å². The molecule has 0 fully saturated rings. The summed E-state index contributed by atoms with van der Waals surface area (Å²) in [5.41, 5.74) is 18.6. The number of para-hydroxylation sites is 2. The molecule has 0 radical (unpaired) electrons. The minimum atomic E-state index is -0.463. The number of hydrogen-bond acceptors (Lipinski definition) is 2. The molecule has 284 valence electrons. The van der Waals surface area contributed by atoms with Gasteiger partial charge in [0.25, 0.3) is 0 Å². The molecule has 9 aromatic carbocycles. The highest BCUT2D eigenvalue weighted by Crippen LogP contribution is 2.66. The summed E-state index contributed by atoms with van der Waals surface area (Å²) in [6, 6.07) is 84.0. The van der Waals surface area contributed by atoms with Crippen molar-refractivity contribution in [3.63, 3.8) is 0 Å². The Balaban J connectivity index is 0.000000533. The Morgan fingerprint density at radius 3 is 1.53 bits per heavy atom. The molecule has 1 atom stereocenters. The first-order chi connectivity index (χ1) is 29.7. The molecule has 1 nitrogen and oxygen atoms in total. The molecule has 60 heavy (non-hydrogen) atoms. The van der Waals surface area contributed by atoms with E-state index < -0.39 is 5.41 Å². The van der Waals surface area contributed by atoms with Crippen molar-refractivity contribution in [3.05, 3.63) is 258 Å². The number of benzene rings is 9. The number of aryl methyl sites for hydroxylation is 1. The molecule has 0 aliphatic heterocycles. The van der Waals surface area contributed by atoms with Crippen LogP contribution >= 0.6 is 11.3 Å². The number of nitrogens with zero attached hydrogens (tertiary/aromatic N) is 1. The van der Waals surface area contributed by atoms with Gasteiger partial charge in [0.05, 0.1) is 5.41 Å². The average molecular weight is 784 g/mol. The summed E-state index contributed by atoms with van der Waals surface area (Å²) < 4.78 is 1.33. The highest BCUT2D eigenvalue weighted by atomic mass is 32.1. The van der Waals surface area contributed by atoms with Gasteiger partial charge in [-0.05, 0) is 111 Å². The molecule has 10 aromatic rings. The highest BCUT2D eigenvalue weighted by molar-refractivity contribution is 7.20. The second kappa shape index (κ2) is 14.8. The first-order valence-electron chi connectivity index (χ1n) is 20.7. The number of fused-ring (bicyclic) bond motifs is 12. The standard InChI is InChI=1S/C51H33NS.C7H8/c1-4-14-34(15-5-1)35-24-26-36(27-25-35)37-28-30-42-41-20-10-12-22-45(41)51(46(42)32-37)47-33-40(52(38-16-6-2-7-17-38)39-18-8-3-9-19-39)29-31-43(47)49-44-21-11-13-23-48(44)53-50(49)51;1-7-5-3-2-4-6-7/h1-33H;2-6H,1H3. The monoisotopic (exact) mass is 783 g/mol. The maximum absolute atomic E-state index is 2.49. The lowest BCUT2D eigenvalue weighted by Gasteiger charge is -2.31. The van der Waals surface area contributed by atoms with Gasteiger partial charge in [0, 0.05) is 37.6 Å². The van der Waals surface area contributed by atoms with Crippen molar-refractivity contribution in [2.24, 2.45) is 0 Å². The minimum Gasteiger partial charge on any atom is -0.310 e. The van der Waals surface area contributed by atoms with Gasteiger partial charge in [-0.3, -0.25) is 0 Å². The number of hydrogen-bond donors (Lipinski definition) is 0. The Hall–Kier alpha value is -7.26. The molecule has 0 saturated heterocycles. The fourth-order valence-electron chi connectivity index (χ4n) is 9.51. The van der Waals surface area contributed by atoms with Crippen LogP contribution in [0.5, 0.6) is 0 Å². The van der Waals surface area contributed by atoms with E-state index in [4.69, 9.17) is 0 Å². The zero-order chi connectivity index (χ0) is 40.0. The fourth-order valence-corrected chi connectivity index (χ4v) is 11.0. The van der Waals surface area contributed by atoms with E-state index in [1.54, 1.807) is 0 Å². The van der Waals surface area contributed by atoms with E-state index >= 15 is 0 Å². The van der Waals surface area contributed by atoms with Gasteiger partial charge in [-0.2, -0.15) is 0 Å². The Bertz CT molecular complexity index is 3090. The normalized spacial score (nSPS) is 14.2. The predicted molar refractivity (Wildman–Crippen MR) is 255 cm³/mol. The van der Waals surface area contributed by atoms with E-state index in [2.05, 4.69) is 224 Å². The lowest BCUT2D eigenvalue weighted by atomic mass is 9.73. The average Bonchev–Trinajstić information content (AvgIpc) is 3.94. The van der Waals surface area contributed by atoms with Gasteiger partial charge in [-0.25, -0.2) is 0 Å². The third-order valence-electron chi connectivity index (χ3n) is 12.2. The van der Waals surface area contributed by atoms with E-state index in [9.17, 15) is 0 Å². The van der Waals surface area contributed by atoms with Crippen molar-refractivity contribution in [2.75, 3.05) is 4.90 Å². The first-order valence-corrected chi connectivity index (χ1v) is 21.5. The molecule has 1 unspecified atom stereocenters. The summed E-state index contributed by atoms with van der Waals surface area (Å²) in [4.78, 5) is 3.81. The van der Waals surface area contributed by atoms with Gasteiger partial charge in [-0.1, -0.05) is 188 Å². The Morgan fingerprint density at radius 1 is 0.367 bits per heavy atom. The Labute approximate surface area is 356 Å². The Morgan fingerprint density at radius 2 is 0.867 bits per heavy atom. The van der Waals surface area contributed by atoms with Crippen molar-refractivity contribution >= 4 is 38.5 Å². The maximum atomic E-state index is 2.49. The summed E-state index contributed by atoms with van der Waals surface area (Å²) in [6.07, 6.45) is 0. The van der Waals surface area contributed by atoms with Crippen LogP contribution in [-0.2, 0) is 5.41 Å². The highest BCUT2D eigenvalue weighted by Gasteiger charge is 2.53. The van der Waals surface area contributed by atoms with Crippen LogP contribution < -0.4 is 4.90 Å². The van der Waals surface area contributed by atoms with Gasteiger partial charge in [0.2, 0.25) is 0 Å². The molecule has 1 heterocycles. The van der Waals surface area contributed by atoms with Gasteiger partial charge >= 0.3 is 0 Å². The SMILES string of the molecule is Cc1ccccc1.c1ccc(-c2ccc(-c3ccc4c(c3)C3(c5ccccc5-4)c4cc(N(c5ccccc5)c5ccccc5)ccc4-c4c3sc3ccccc43)cc2)cc1. The third kappa shape index (κ3) is 5.83. The van der Waals surface area contributed by atoms with Gasteiger partial charge < -0.3 is 4.90 Å². The molecule has 0 amide bonds. The van der Waals surface area contributed by atoms with Crippen molar-refractivity contribution in [1.82, 2.24) is 0 Å². The molecule has 0 saturated carbocycles. The van der Waals surface area contributed by atoms with Crippen molar-refractivity contribution in [1.29, 1.82) is 0 Å². The second-order valence-electron chi connectivity index (χ2n) is 15.7. The van der Waals surface area contributed by atoms with E-state index in [0.717, 1.165) is 17.1 Å². The zero-order valence-corrected chi connectivity index (χ0v) is 34.1. The van der Waals surface area contributed by atoms with Crippen LogP contribution in [0.3, 0.4) is 0 Å². The van der Waals surface area contributed by atoms with Gasteiger partial charge in [0.15, 0.2) is 0 Å². The lowest BCUT2D eigenvalue weighted by molar-refractivity contribution is 0.812. The largest absolute Gasteiger partial charge is 0.310 e. The summed E-state index contributed by atoms with van der Waals surface area (Å²) in [7, 11) is 0. The topological polar surface area (TPSA) is 3.24 Å². The van der Waals surface area contributed by atoms with Gasteiger partial charge in [-0.15, -0.1) is 11.3 Å². The molecule has 1 aromatic heterocycles. The number of rotatable bonds is 5. The quantitative estimate of drug-likeness (QED) is 0.168. The zero-order valence-electron chi connectivity index (χ0n) is 33.3. The minimum absolute atomic E-state index is 0.463. The summed E-state index contributed by atoms with van der Waals surface area (Å²) >= 11 is 1.96. The first kappa shape index (κ1) is 35.9. The molecular formula is C58H41NS. The molecule has 2 aliphatic rings. The molecule has 2 aliphatic carbocycles. The molecule has 0 N–H and O–H groups in total. The predicted octanol–water partition coefficient (Wildman–Crippen LogP) is 16.0. The number of anilines is 3. The maximum Gasteiger partial charge on any atom is 0.0820 e. The summed E-state index contributed by atoms with van der Waals surface area (Å²) in [6.45, 7) is 2.08. The summed E-state index contributed by atoms with van der Waals surface area (Å²) in [5.74, 6) is 0. The van der Waals surface area contributed by atoms with Crippen LogP contribution in [0.15, 0.2) is 231 Å². The third-order valence-corrected chi connectivity index (χ3v) is 13.5. The lowest BCUT2D eigenvalue weighted by Crippen LogP contribution is -2.25. The van der Waals surface area contributed by atoms with E-state index in [-0.39, 0.29) is 0 Å². The Kier molecular flexibility index (Phi) is 8.87. The van der Waals surface area contributed by atoms with E-state index in [0.29, 0.717) is 0 Å². The molecule has 0 bridgehead atoms. The van der Waals surface area contributed by atoms with E-state index in [1.807, 2.05) is 29.5 Å². The van der Waals surface area contributed by atoms with E-state index in [1.165, 1.54) is 81.7 Å². The van der Waals surface area contributed by atoms with Crippen LogP contribution in [-0.4, -0.2) is 0 Å². The van der Waals surface area contributed by atoms with Crippen LogP contribution in [0.2, 0.25) is 0 Å². The number of thiophene rings is 1. The van der Waals surface area contributed by atoms with Crippen LogP contribution in [0, 0.1) is 6.92 Å². The molecule has 12 rings (SSSR count). The van der Waals surface area contributed by atoms with Crippen molar-refractivity contribution < 1.29 is 0 Å². The van der Waals surface area contributed by atoms with Crippen LogP contribution in [0.4, 0.5) is 17.1 Å². The van der Waals surface area contributed by atoms with Crippen molar-refractivity contribution in [3.8, 4) is 44.5 Å². The van der Waals surface area contributed by atoms with Crippen LogP contribution in [0.1, 0.15) is 27.1 Å². The van der Waals surface area contributed by atoms with Crippen molar-refractivity contribution in [2.45, 2.75) is 12.3 Å². The second-order valence-corrected chi connectivity index (χ2v) is 16.7. The molecule has 2 heteroatoms. The molecular weight excluding hydrogens is 743 g/mol.